The number of aromatic nitrogens is 2. The second-order valence-electron chi connectivity index (χ2n) is 2.59. The van der Waals surface area contributed by atoms with E-state index < -0.39 is 0 Å². The molecule has 0 fully saturated rings. The summed E-state index contributed by atoms with van der Waals surface area (Å²) in [6, 6.07) is 0. The van der Waals surface area contributed by atoms with Gasteiger partial charge in [0.2, 0.25) is 0 Å². The molecule has 0 saturated carbocycles. The molecule has 0 aliphatic heterocycles. The molecule has 0 amide bonds. The van der Waals surface area contributed by atoms with Crippen LogP contribution in [0.4, 0.5) is 11.5 Å². The van der Waals surface area contributed by atoms with Gasteiger partial charge in [0.25, 0.3) is 0 Å². The first-order valence-electron chi connectivity index (χ1n) is 3.61. The van der Waals surface area contributed by atoms with Gasteiger partial charge >= 0.3 is 0 Å². The van der Waals surface area contributed by atoms with Crippen molar-refractivity contribution in [2.75, 3.05) is 11.2 Å². The third-order valence-corrected chi connectivity index (χ3v) is 1.64. The molecule has 4 N–H and O–H groups in total. The third kappa shape index (κ3) is 1.57. The maximum atomic E-state index is 11.1. The average molecular weight is 182 g/mol. The summed E-state index contributed by atoms with van der Waals surface area (Å²) in [4.78, 5) is 11.1. The summed E-state index contributed by atoms with van der Waals surface area (Å²) < 4.78 is 0. The number of rotatable bonds is 2. The highest BCUT2D eigenvalue weighted by atomic mass is 16.5. The van der Waals surface area contributed by atoms with Gasteiger partial charge in [-0.2, -0.15) is 5.10 Å². The molecule has 0 aromatic carbocycles. The van der Waals surface area contributed by atoms with E-state index in [1.807, 2.05) is 0 Å². The Hall–Kier alpha value is -1.69. The zero-order valence-corrected chi connectivity index (χ0v) is 7.33. The van der Waals surface area contributed by atoms with Gasteiger partial charge in [0.05, 0.1) is 16.9 Å². The molecule has 1 heterocycles. The average Bonchev–Trinajstić information content (AvgIpc) is 2.04. The van der Waals surface area contributed by atoms with Gasteiger partial charge in [0.15, 0.2) is 11.6 Å². The zero-order valence-electron chi connectivity index (χ0n) is 7.33. The Morgan fingerprint density at radius 1 is 1.54 bits per heavy atom. The van der Waals surface area contributed by atoms with E-state index in [1.165, 1.54) is 6.92 Å². The van der Waals surface area contributed by atoms with Crippen molar-refractivity contribution in [2.45, 2.75) is 13.8 Å². The fraction of sp³-hybridized carbons (Fsp3) is 0.286. The number of anilines is 2. The molecule has 0 saturated heterocycles. The lowest BCUT2D eigenvalue weighted by molar-refractivity contribution is 0.101. The number of hydrogen-bond donors (Lipinski definition) is 3. The number of nitrogens with one attached hydrogen (secondary N) is 1. The number of ketones is 1. The quantitative estimate of drug-likeness (QED) is 0.451. The number of nitrogens with two attached hydrogens (primary N) is 1. The van der Waals surface area contributed by atoms with Crippen LogP contribution in [0.5, 0.6) is 0 Å². The van der Waals surface area contributed by atoms with Crippen LogP contribution < -0.4 is 11.2 Å². The Morgan fingerprint density at radius 3 is 2.62 bits per heavy atom. The third-order valence-electron chi connectivity index (χ3n) is 1.64. The van der Waals surface area contributed by atoms with Gasteiger partial charge < -0.3 is 5.73 Å². The van der Waals surface area contributed by atoms with E-state index in [-0.39, 0.29) is 22.9 Å². The van der Waals surface area contributed by atoms with E-state index in [0.717, 1.165) is 0 Å². The number of hydrogen-bond acceptors (Lipinski definition) is 6. The molecule has 0 bridgehead atoms. The van der Waals surface area contributed by atoms with Gasteiger partial charge in [0.1, 0.15) is 0 Å². The first-order valence-corrected chi connectivity index (χ1v) is 3.61. The Balaban J connectivity index is 3.38. The molecule has 0 atom stereocenters. The van der Waals surface area contributed by atoms with Crippen molar-refractivity contribution in [1.82, 2.24) is 10.2 Å². The molecule has 1 rings (SSSR count). The highest BCUT2D eigenvalue weighted by molar-refractivity contribution is 6.01. The summed E-state index contributed by atoms with van der Waals surface area (Å²) in [7, 11) is 0. The molecule has 0 spiro atoms. The summed E-state index contributed by atoms with van der Waals surface area (Å²) >= 11 is 0. The van der Waals surface area contributed by atoms with Crippen LogP contribution in [-0.2, 0) is 0 Å². The monoisotopic (exact) mass is 182 g/mol. The summed E-state index contributed by atoms with van der Waals surface area (Å²) in [5.41, 5.74) is 8.16. The minimum Gasteiger partial charge on any atom is -0.395 e. The maximum Gasteiger partial charge on any atom is 0.196 e. The number of carbonyl (C=O) groups excluding carboxylic acids is 1. The lowest BCUT2D eigenvalue weighted by atomic mass is 10.1. The molecule has 13 heavy (non-hydrogen) atoms. The molecule has 0 aliphatic rings. The number of nitrogen functional groups attached to an aromatic ring is 1. The maximum absolute atomic E-state index is 11.1. The van der Waals surface area contributed by atoms with Crippen LogP contribution in [0, 0.1) is 6.92 Å². The second kappa shape index (κ2) is 3.36. The fourth-order valence-electron chi connectivity index (χ4n) is 1.07. The summed E-state index contributed by atoms with van der Waals surface area (Å²) in [5.74, 6) is -0.211. The Kier molecular flexibility index (Phi) is 2.43. The first kappa shape index (κ1) is 9.40. The molecular weight excluding hydrogens is 172 g/mol. The smallest absolute Gasteiger partial charge is 0.196 e. The SMILES string of the molecule is CC(=O)c1c(C)nnc(NO)c1N. The van der Waals surface area contributed by atoms with Crippen molar-refractivity contribution >= 4 is 17.3 Å². The van der Waals surface area contributed by atoms with E-state index >= 15 is 0 Å². The lowest BCUT2D eigenvalue weighted by Gasteiger charge is -2.07. The van der Waals surface area contributed by atoms with Crippen molar-refractivity contribution in [2.24, 2.45) is 0 Å². The second-order valence-corrected chi connectivity index (χ2v) is 2.59. The van der Waals surface area contributed by atoms with Crippen LogP contribution in [0.3, 0.4) is 0 Å². The highest BCUT2D eigenvalue weighted by Gasteiger charge is 2.14. The van der Waals surface area contributed by atoms with Gasteiger partial charge in [0, 0.05) is 0 Å². The minimum absolute atomic E-state index is 0.00389. The van der Waals surface area contributed by atoms with Crippen molar-refractivity contribution < 1.29 is 10.0 Å². The zero-order chi connectivity index (χ0) is 10.0. The van der Waals surface area contributed by atoms with E-state index in [4.69, 9.17) is 10.9 Å². The highest BCUT2D eigenvalue weighted by Crippen LogP contribution is 2.21. The number of aryl methyl sites for hydroxylation is 1. The Morgan fingerprint density at radius 2 is 2.15 bits per heavy atom. The van der Waals surface area contributed by atoms with Crippen LogP contribution in [0.1, 0.15) is 23.0 Å². The molecular formula is C7H10N4O2. The summed E-state index contributed by atoms with van der Waals surface area (Å²) in [6.07, 6.45) is 0. The first-order chi connectivity index (χ1) is 6.07. The van der Waals surface area contributed by atoms with E-state index in [2.05, 4.69) is 10.2 Å². The van der Waals surface area contributed by atoms with Gasteiger partial charge in [-0.1, -0.05) is 0 Å². The van der Waals surface area contributed by atoms with Crippen LogP contribution >= 0.6 is 0 Å². The van der Waals surface area contributed by atoms with Gasteiger partial charge in [-0.15, -0.1) is 5.10 Å². The van der Waals surface area contributed by atoms with Gasteiger partial charge in [-0.25, -0.2) is 5.48 Å². The minimum atomic E-state index is -0.207. The number of Topliss-reactive ketones (excluding diaryl/α,β-unsaturated/α-hetero) is 1. The number of carbonyl (C=O) groups is 1. The van der Waals surface area contributed by atoms with Crippen molar-refractivity contribution in [3.05, 3.63) is 11.3 Å². The molecule has 1 aromatic rings. The predicted octanol–water partition coefficient (Wildman–Crippen LogP) is 0.371. The normalized spacial score (nSPS) is 9.77. The van der Waals surface area contributed by atoms with Gasteiger partial charge in [-0.05, 0) is 13.8 Å². The van der Waals surface area contributed by atoms with E-state index in [0.29, 0.717) is 5.69 Å². The molecule has 6 nitrogen and oxygen atoms in total. The van der Waals surface area contributed by atoms with Crippen molar-refractivity contribution in [3.63, 3.8) is 0 Å². The van der Waals surface area contributed by atoms with Gasteiger partial charge in [-0.3, -0.25) is 10.0 Å². The topological polar surface area (TPSA) is 101 Å². The van der Waals surface area contributed by atoms with Crippen molar-refractivity contribution in [1.29, 1.82) is 0 Å². The summed E-state index contributed by atoms with van der Waals surface area (Å²) in [5, 5.41) is 15.8. The molecule has 0 unspecified atom stereocenters. The van der Waals surface area contributed by atoms with E-state index in [9.17, 15) is 4.79 Å². The molecule has 0 aliphatic carbocycles. The largest absolute Gasteiger partial charge is 0.395 e. The van der Waals surface area contributed by atoms with Crippen LogP contribution in [0.2, 0.25) is 0 Å². The Bertz CT molecular complexity index is 351. The fourth-order valence-corrected chi connectivity index (χ4v) is 1.07. The molecule has 70 valence electrons. The van der Waals surface area contributed by atoms with E-state index in [1.54, 1.807) is 12.4 Å². The van der Waals surface area contributed by atoms with Crippen LogP contribution in [-0.4, -0.2) is 21.2 Å². The van der Waals surface area contributed by atoms with Crippen LogP contribution in [0.25, 0.3) is 0 Å². The molecule has 6 heteroatoms. The predicted molar refractivity (Wildman–Crippen MR) is 46.6 cm³/mol. The van der Waals surface area contributed by atoms with Crippen molar-refractivity contribution in [3.8, 4) is 0 Å². The standard InChI is InChI=1S/C7H10N4O2/c1-3-5(4(2)12)6(8)7(11-13)10-9-3/h13H,1-2H3,(H2,8,9)(H,10,11). The van der Waals surface area contributed by atoms with Crippen LogP contribution in [0.15, 0.2) is 0 Å². The Labute approximate surface area is 74.7 Å². The lowest BCUT2D eigenvalue weighted by Crippen LogP contribution is -2.10. The molecule has 0 radical (unpaired) electrons. The molecule has 1 aromatic heterocycles. The summed E-state index contributed by atoms with van der Waals surface area (Å²) in [6.45, 7) is 3.00. The number of nitrogens with zero attached hydrogens (tertiary/aromatic N) is 2.